The lowest BCUT2D eigenvalue weighted by atomic mass is 10.0. The molecule has 20 heavy (non-hydrogen) atoms. The van der Waals surface area contributed by atoms with Crippen molar-refractivity contribution < 1.29 is 31.5 Å². The predicted molar refractivity (Wildman–Crippen MR) is 61.7 cm³/mol. The van der Waals surface area contributed by atoms with Gasteiger partial charge in [0.25, 0.3) is 0 Å². The van der Waals surface area contributed by atoms with Crippen LogP contribution >= 0.6 is 12.4 Å². The van der Waals surface area contributed by atoms with Crippen LogP contribution in [-0.4, -0.2) is 12.6 Å². The van der Waals surface area contributed by atoms with Crippen LogP contribution in [0.1, 0.15) is 24.9 Å². The van der Waals surface area contributed by atoms with Gasteiger partial charge in [0.15, 0.2) is 23.3 Å². The minimum absolute atomic E-state index is 0. The molecule has 2 N–H and O–H groups in total. The van der Waals surface area contributed by atoms with Crippen molar-refractivity contribution in [3.8, 4) is 0 Å². The average Bonchev–Trinajstić information content (AvgIpc) is 2.34. The maximum Gasteiger partial charge on any atom is 0.307 e. The minimum Gasteiger partial charge on any atom is -0.466 e. The van der Waals surface area contributed by atoms with Gasteiger partial charge in [-0.1, -0.05) is 0 Å². The Labute approximate surface area is 117 Å². The van der Waals surface area contributed by atoms with Crippen LogP contribution in [-0.2, 0) is 9.53 Å². The van der Waals surface area contributed by atoms with E-state index in [4.69, 9.17) is 5.73 Å². The van der Waals surface area contributed by atoms with Gasteiger partial charge in [-0.15, -0.1) is 12.4 Å². The summed E-state index contributed by atoms with van der Waals surface area (Å²) in [6.07, 6.45) is -0.702. The molecule has 0 radical (unpaired) electrons. The molecule has 1 rings (SSSR count). The number of nitrogens with two attached hydrogens (primary N) is 1. The predicted octanol–water partition coefficient (Wildman–Crippen LogP) is 2.76. The third-order valence-electron chi connectivity index (χ3n) is 2.31. The Morgan fingerprint density at radius 3 is 1.85 bits per heavy atom. The molecule has 0 amide bonds. The van der Waals surface area contributed by atoms with Crippen molar-refractivity contribution >= 4 is 18.4 Å². The first-order valence-corrected chi connectivity index (χ1v) is 5.23. The number of esters is 1. The van der Waals surface area contributed by atoms with Gasteiger partial charge in [-0.05, 0) is 6.92 Å². The second-order valence-electron chi connectivity index (χ2n) is 3.60. The summed E-state index contributed by atoms with van der Waals surface area (Å²) >= 11 is 0. The highest BCUT2D eigenvalue weighted by Gasteiger charge is 2.29. The van der Waals surface area contributed by atoms with E-state index >= 15 is 0 Å². The number of halogens is 6. The van der Waals surface area contributed by atoms with Crippen LogP contribution in [0.4, 0.5) is 22.0 Å². The number of carbonyl (C=O) groups excluding carboxylic acids is 1. The summed E-state index contributed by atoms with van der Waals surface area (Å²) in [6, 6.07) is -1.69. The van der Waals surface area contributed by atoms with E-state index in [0.717, 1.165) is 0 Å². The molecule has 9 heteroatoms. The van der Waals surface area contributed by atoms with Gasteiger partial charge in [0.05, 0.1) is 13.0 Å². The molecule has 0 bridgehead atoms. The van der Waals surface area contributed by atoms with E-state index in [1.165, 1.54) is 6.92 Å². The third-order valence-corrected chi connectivity index (χ3v) is 2.31. The molecule has 1 aromatic rings. The number of carbonyl (C=O) groups is 1. The fourth-order valence-corrected chi connectivity index (χ4v) is 1.45. The van der Waals surface area contributed by atoms with Gasteiger partial charge in [-0.25, -0.2) is 22.0 Å². The number of rotatable bonds is 4. The molecule has 1 atom stereocenters. The van der Waals surface area contributed by atoms with Crippen molar-refractivity contribution in [2.24, 2.45) is 5.73 Å². The standard InChI is InChI=1S/C11H10F5NO2.ClH/c1-2-19-5(18)3-4(17)6-7(12)9(14)11(16)10(15)8(6)13;/h4H,2-3,17H2,1H3;1H/t4-;/m1./s1. The highest BCUT2D eigenvalue weighted by atomic mass is 35.5. The van der Waals surface area contributed by atoms with E-state index in [2.05, 4.69) is 4.74 Å². The molecule has 0 aliphatic carbocycles. The summed E-state index contributed by atoms with van der Waals surface area (Å²) in [5.41, 5.74) is 4.05. The zero-order chi connectivity index (χ0) is 14.7. The quantitative estimate of drug-likeness (QED) is 0.402. The maximum atomic E-state index is 13.3. The second-order valence-corrected chi connectivity index (χ2v) is 3.60. The van der Waals surface area contributed by atoms with Gasteiger partial charge in [0.1, 0.15) is 0 Å². The van der Waals surface area contributed by atoms with E-state index in [0.29, 0.717) is 0 Å². The largest absolute Gasteiger partial charge is 0.466 e. The highest BCUT2D eigenvalue weighted by molar-refractivity contribution is 5.85. The highest BCUT2D eigenvalue weighted by Crippen LogP contribution is 2.28. The monoisotopic (exact) mass is 319 g/mol. The third kappa shape index (κ3) is 3.57. The number of hydrogen-bond acceptors (Lipinski definition) is 3. The smallest absolute Gasteiger partial charge is 0.307 e. The molecule has 114 valence electrons. The minimum atomic E-state index is -2.28. The van der Waals surface area contributed by atoms with Crippen LogP contribution in [0.5, 0.6) is 0 Å². The SMILES string of the molecule is CCOC(=O)C[C@@H](N)c1c(F)c(F)c(F)c(F)c1F.Cl. The number of ether oxygens (including phenoxy) is 1. The van der Waals surface area contributed by atoms with Crippen LogP contribution in [0.15, 0.2) is 0 Å². The average molecular weight is 320 g/mol. The number of hydrogen-bond donors (Lipinski definition) is 1. The molecule has 0 unspecified atom stereocenters. The summed E-state index contributed by atoms with van der Waals surface area (Å²) in [5.74, 6) is -11.5. The number of benzene rings is 1. The summed E-state index contributed by atoms with van der Waals surface area (Å²) < 4.78 is 69.8. The van der Waals surface area contributed by atoms with Crippen molar-refractivity contribution in [3.05, 3.63) is 34.6 Å². The Morgan fingerprint density at radius 2 is 1.45 bits per heavy atom. The zero-order valence-corrected chi connectivity index (χ0v) is 11.0. The molecular formula is C11H11ClF5NO2. The van der Waals surface area contributed by atoms with E-state index < -0.39 is 53.1 Å². The molecule has 0 saturated heterocycles. The second kappa shape index (κ2) is 7.39. The van der Waals surface area contributed by atoms with Crippen molar-refractivity contribution in [1.82, 2.24) is 0 Å². The van der Waals surface area contributed by atoms with Gasteiger partial charge < -0.3 is 10.5 Å². The van der Waals surface area contributed by atoms with Gasteiger partial charge in [-0.2, -0.15) is 0 Å². The van der Waals surface area contributed by atoms with Crippen LogP contribution in [0.2, 0.25) is 0 Å². The van der Waals surface area contributed by atoms with Gasteiger partial charge in [0.2, 0.25) is 5.82 Å². The Balaban J connectivity index is 0.00000361. The Bertz CT molecular complexity index is 483. The molecule has 0 fully saturated rings. The van der Waals surface area contributed by atoms with E-state index in [1.807, 2.05) is 0 Å². The molecule has 0 aromatic heterocycles. The van der Waals surface area contributed by atoms with Crippen LogP contribution < -0.4 is 5.73 Å². The first-order chi connectivity index (χ1) is 8.81. The molecule has 0 heterocycles. The van der Waals surface area contributed by atoms with E-state index in [1.54, 1.807) is 0 Å². The van der Waals surface area contributed by atoms with Crippen LogP contribution in [0.3, 0.4) is 0 Å². The van der Waals surface area contributed by atoms with E-state index in [-0.39, 0.29) is 19.0 Å². The Kier molecular flexibility index (Phi) is 6.87. The maximum absolute atomic E-state index is 13.3. The van der Waals surface area contributed by atoms with E-state index in [9.17, 15) is 26.7 Å². The summed E-state index contributed by atoms with van der Waals surface area (Å²) in [5, 5.41) is 0. The summed E-state index contributed by atoms with van der Waals surface area (Å²) in [7, 11) is 0. The van der Waals surface area contributed by atoms with Gasteiger partial charge >= 0.3 is 5.97 Å². The molecular weight excluding hydrogens is 309 g/mol. The molecule has 0 spiro atoms. The van der Waals surface area contributed by atoms with Crippen molar-refractivity contribution in [1.29, 1.82) is 0 Å². The van der Waals surface area contributed by atoms with Crippen LogP contribution in [0.25, 0.3) is 0 Å². The molecule has 1 aromatic carbocycles. The normalized spacial score (nSPS) is 11.8. The van der Waals surface area contributed by atoms with Crippen LogP contribution in [0, 0.1) is 29.1 Å². The Morgan fingerprint density at radius 1 is 1.05 bits per heavy atom. The fraction of sp³-hybridized carbons (Fsp3) is 0.364. The first-order valence-electron chi connectivity index (χ1n) is 5.23. The van der Waals surface area contributed by atoms with Crippen molar-refractivity contribution in [3.63, 3.8) is 0 Å². The molecule has 0 saturated carbocycles. The Hall–Kier alpha value is -1.41. The topological polar surface area (TPSA) is 52.3 Å². The lowest BCUT2D eigenvalue weighted by Gasteiger charge is -2.14. The lowest BCUT2D eigenvalue weighted by molar-refractivity contribution is -0.143. The van der Waals surface area contributed by atoms with Crippen molar-refractivity contribution in [2.45, 2.75) is 19.4 Å². The lowest BCUT2D eigenvalue weighted by Crippen LogP contribution is -2.22. The molecule has 0 aliphatic rings. The van der Waals surface area contributed by atoms with Gasteiger partial charge in [0, 0.05) is 11.6 Å². The summed E-state index contributed by atoms with van der Waals surface area (Å²) in [4.78, 5) is 11.1. The first kappa shape index (κ1) is 18.6. The zero-order valence-electron chi connectivity index (χ0n) is 10.2. The van der Waals surface area contributed by atoms with Crippen molar-refractivity contribution in [2.75, 3.05) is 6.61 Å². The summed E-state index contributed by atoms with van der Waals surface area (Å²) in [6.45, 7) is 1.49. The molecule has 3 nitrogen and oxygen atoms in total. The fourth-order valence-electron chi connectivity index (χ4n) is 1.45. The van der Waals surface area contributed by atoms with Gasteiger partial charge in [-0.3, -0.25) is 4.79 Å². The molecule has 0 aliphatic heterocycles.